The van der Waals surface area contributed by atoms with Gasteiger partial charge in [0.25, 0.3) is 5.91 Å². The lowest BCUT2D eigenvalue weighted by Crippen LogP contribution is -3.19. The molecule has 9 heteroatoms. The topological polar surface area (TPSA) is 97.2 Å². The first-order valence-electron chi connectivity index (χ1n) is 11.6. The highest BCUT2D eigenvalue weighted by Gasteiger charge is 2.78. The second-order valence-corrected chi connectivity index (χ2v) is 11.0. The summed E-state index contributed by atoms with van der Waals surface area (Å²) in [4.78, 5) is 57.6. The van der Waals surface area contributed by atoms with E-state index in [-0.39, 0.29) is 23.4 Å². The Balaban J connectivity index is 1.56. The number of carbonyl (C=O) groups is 4. The minimum atomic E-state index is -1.14. The molecule has 3 amide bonds. The number of benzene rings is 1. The number of nitrogens with one attached hydrogen (secondary N) is 2. The summed E-state index contributed by atoms with van der Waals surface area (Å²) in [6.07, 6.45) is 1.68. The summed E-state index contributed by atoms with van der Waals surface area (Å²) >= 11 is 1.25. The first kappa shape index (κ1) is 21.5. The normalized spacial score (nSPS) is 31.2. The Hall–Kier alpha value is -3.04. The summed E-state index contributed by atoms with van der Waals surface area (Å²) in [5.74, 6) is -2.90. The molecular weight excluding hydrogens is 454 g/mol. The van der Waals surface area contributed by atoms with E-state index in [0.717, 1.165) is 40.3 Å². The number of amides is 3. The van der Waals surface area contributed by atoms with Crippen molar-refractivity contribution in [3.63, 3.8) is 0 Å². The zero-order valence-electron chi connectivity index (χ0n) is 19.5. The van der Waals surface area contributed by atoms with Gasteiger partial charge in [0, 0.05) is 23.3 Å². The molecule has 2 aromatic rings. The number of quaternary nitrogens is 1. The predicted molar refractivity (Wildman–Crippen MR) is 125 cm³/mol. The van der Waals surface area contributed by atoms with Crippen LogP contribution in [-0.2, 0) is 24.7 Å². The van der Waals surface area contributed by atoms with Gasteiger partial charge in [0.15, 0.2) is 0 Å². The number of rotatable bonds is 2. The fourth-order valence-electron chi connectivity index (χ4n) is 6.88. The van der Waals surface area contributed by atoms with Crippen LogP contribution in [-0.4, -0.2) is 43.4 Å². The van der Waals surface area contributed by atoms with E-state index in [4.69, 9.17) is 4.74 Å². The molecule has 1 aromatic carbocycles. The van der Waals surface area contributed by atoms with Crippen molar-refractivity contribution in [1.82, 2.24) is 0 Å². The molecule has 2 N–H and O–H groups in total. The summed E-state index contributed by atoms with van der Waals surface area (Å²) in [5, 5.41) is 3.32. The van der Waals surface area contributed by atoms with Crippen molar-refractivity contribution >= 4 is 45.7 Å². The van der Waals surface area contributed by atoms with E-state index in [1.807, 2.05) is 32.0 Å². The Morgan fingerprint density at radius 2 is 1.97 bits per heavy atom. The number of carbonyl (C=O) groups excluding carboxylic acids is 4. The quantitative estimate of drug-likeness (QED) is 0.501. The summed E-state index contributed by atoms with van der Waals surface area (Å²) in [7, 11) is 1.29. The average molecular weight is 481 g/mol. The maximum atomic E-state index is 14.2. The van der Waals surface area contributed by atoms with Gasteiger partial charge in [0.2, 0.25) is 17.4 Å². The molecule has 1 unspecified atom stereocenters. The second-order valence-electron chi connectivity index (χ2n) is 9.81. The molecule has 5 heterocycles. The summed E-state index contributed by atoms with van der Waals surface area (Å²) in [5.41, 5.74) is 2.34. The van der Waals surface area contributed by atoms with Crippen molar-refractivity contribution in [2.24, 2.45) is 11.8 Å². The maximum absolute atomic E-state index is 14.2. The van der Waals surface area contributed by atoms with Gasteiger partial charge in [0.1, 0.15) is 22.9 Å². The van der Waals surface area contributed by atoms with Gasteiger partial charge < -0.3 is 15.0 Å². The number of esters is 1. The molecule has 176 valence electrons. The molecule has 1 aromatic heterocycles. The van der Waals surface area contributed by atoms with Crippen molar-refractivity contribution in [3.8, 4) is 0 Å². The Kier molecular flexibility index (Phi) is 4.42. The smallest absolute Gasteiger partial charge is 0.341 e. The molecule has 4 aliphatic heterocycles. The highest BCUT2D eigenvalue weighted by atomic mass is 32.1. The van der Waals surface area contributed by atoms with Gasteiger partial charge in [-0.25, -0.2) is 9.69 Å². The number of thiophene rings is 1. The molecule has 0 bridgehead atoms. The van der Waals surface area contributed by atoms with Crippen molar-refractivity contribution < 1.29 is 28.8 Å². The third-order valence-corrected chi connectivity index (χ3v) is 9.52. The number of anilines is 2. The van der Waals surface area contributed by atoms with E-state index < -0.39 is 29.3 Å². The molecule has 0 aliphatic carbocycles. The van der Waals surface area contributed by atoms with Crippen molar-refractivity contribution in [2.75, 3.05) is 23.9 Å². The first-order chi connectivity index (χ1) is 16.2. The standard InChI is InChI=1S/C25H25N3O5S/c1-11-7-8-15-14(10-11)25(24(32)26-15)19-18(16-6-5-9-27(16)25)20(29)28(21(19)30)22-17(23(31)33-4)12(2)13(3)34-22/h7-8,10,16,18-19H,5-6,9H2,1-4H3,(H,26,32)/p+1/t16-,18+,19-,25-/m0/s1. The molecule has 8 nitrogen and oxygen atoms in total. The van der Waals surface area contributed by atoms with Crippen LogP contribution in [0.3, 0.4) is 0 Å². The molecular formula is C25H26N3O5S+. The highest BCUT2D eigenvalue weighted by Crippen LogP contribution is 2.53. The van der Waals surface area contributed by atoms with Crippen LogP contribution < -0.4 is 15.1 Å². The van der Waals surface area contributed by atoms with E-state index in [1.165, 1.54) is 23.3 Å². The van der Waals surface area contributed by atoms with Crippen LogP contribution in [0.4, 0.5) is 10.7 Å². The Bertz CT molecular complexity index is 1320. The second kappa shape index (κ2) is 6.99. The number of hydrogen-bond donors (Lipinski definition) is 2. The highest BCUT2D eigenvalue weighted by molar-refractivity contribution is 7.17. The maximum Gasteiger partial charge on any atom is 0.341 e. The van der Waals surface area contributed by atoms with Gasteiger partial charge >= 0.3 is 5.97 Å². The van der Waals surface area contributed by atoms with Crippen LogP contribution in [0.5, 0.6) is 0 Å². The number of ether oxygens (including phenoxy) is 1. The van der Waals surface area contributed by atoms with Crippen molar-refractivity contribution in [2.45, 2.75) is 45.2 Å². The van der Waals surface area contributed by atoms with Gasteiger partial charge in [-0.2, -0.15) is 0 Å². The lowest BCUT2D eigenvalue weighted by molar-refractivity contribution is -0.948. The van der Waals surface area contributed by atoms with E-state index in [2.05, 4.69) is 5.32 Å². The Labute approximate surface area is 200 Å². The third-order valence-electron chi connectivity index (χ3n) is 8.33. The number of imide groups is 1. The van der Waals surface area contributed by atoms with Gasteiger partial charge in [-0.05, 0) is 38.5 Å². The van der Waals surface area contributed by atoms with Gasteiger partial charge in [-0.15, -0.1) is 11.3 Å². The molecule has 0 radical (unpaired) electrons. The lowest BCUT2D eigenvalue weighted by Gasteiger charge is -2.33. The Morgan fingerprint density at radius 1 is 1.21 bits per heavy atom. The summed E-state index contributed by atoms with van der Waals surface area (Å²) in [6, 6.07) is 5.69. The van der Waals surface area contributed by atoms with Crippen LogP contribution in [0.25, 0.3) is 0 Å². The number of aryl methyl sites for hydroxylation is 2. The molecule has 3 saturated heterocycles. The summed E-state index contributed by atoms with van der Waals surface area (Å²) in [6.45, 7) is 6.36. The number of fused-ring (bicyclic) bond motifs is 7. The molecule has 3 fully saturated rings. The lowest BCUT2D eigenvalue weighted by atomic mass is 9.75. The van der Waals surface area contributed by atoms with Gasteiger partial charge in [-0.1, -0.05) is 11.6 Å². The fraction of sp³-hybridized carbons (Fsp3) is 0.440. The van der Waals surface area contributed by atoms with E-state index in [9.17, 15) is 19.2 Å². The van der Waals surface area contributed by atoms with Crippen molar-refractivity contribution in [1.29, 1.82) is 0 Å². The van der Waals surface area contributed by atoms with Crippen LogP contribution in [0, 0.1) is 32.6 Å². The van der Waals surface area contributed by atoms with Gasteiger partial charge in [0.05, 0.1) is 24.9 Å². The predicted octanol–water partition coefficient (Wildman–Crippen LogP) is 1.47. The zero-order valence-corrected chi connectivity index (χ0v) is 20.3. The van der Waals surface area contributed by atoms with E-state index >= 15 is 0 Å². The summed E-state index contributed by atoms with van der Waals surface area (Å²) < 4.78 is 4.98. The SMILES string of the molecule is COC(=O)c1c(N2C(=O)[C@H]3[C@@H](C2=O)[C@@]2(C(=O)Nc4ccc(C)cc42)[NH+]2CCC[C@@H]32)sc(C)c1C. The minimum absolute atomic E-state index is 0.118. The largest absolute Gasteiger partial charge is 0.465 e. The van der Waals surface area contributed by atoms with Crippen LogP contribution in [0.2, 0.25) is 0 Å². The number of methoxy groups -OCH3 is 1. The minimum Gasteiger partial charge on any atom is -0.465 e. The van der Waals surface area contributed by atoms with Gasteiger partial charge in [-0.3, -0.25) is 14.4 Å². The average Bonchev–Trinajstić information content (AvgIpc) is 3.56. The number of nitrogens with zero attached hydrogens (tertiary/aromatic N) is 1. The molecule has 34 heavy (non-hydrogen) atoms. The van der Waals surface area contributed by atoms with Crippen LogP contribution in [0.15, 0.2) is 18.2 Å². The molecule has 5 atom stereocenters. The molecule has 6 rings (SSSR count). The van der Waals surface area contributed by atoms with E-state index in [1.54, 1.807) is 6.92 Å². The fourth-order valence-corrected chi connectivity index (χ4v) is 8.04. The van der Waals surface area contributed by atoms with Crippen LogP contribution >= 0.6 is 11.3 Å². The monoisotopic (exact) mass is 480 g/mol. The molecule has 4 aliphatic rings. The molecule has 1 spiro atoms. The molecule has 0 saturated carbocycles. The third kappa shape index (κ3) is 2.36. The first-order valence-corrected chi connectivity index (χ1v) is 12.4. The van der Waals surface area contributed by atoms with Crippen molar-refractivity contribution in [3.05, 3.63) is 45.3 Å². The zero-order chi connectivity index (χ0) is 24.1. The Morgan fingerprint density at radius 3 is 2.71 bits per heavy atom. The van der Waals surface area contributed by atoms with Crippen LogP contribution in [0.1, 0.15) is 44.8 Å². The van der Waals surface area contributed by atoms with E-state index in [0.29, 0.717) is 16.3 Å². The number of hydrogen-bond acceptors (Lipinski definition) is 6.